The lowest BCUT2D eigenvalue weighted by Crippen LogP contribution is -2.45. The Bertz CT molecular complexity index is 448. The lowest BCUT2D eigenvalue weighted by molar-refractivity contribution is -0.147. The normalized spacial score (nSPS) is 38.0. The molecule has 0 saturated carbocycles. The van der Waals surface area contributed by atoms with Gasteiger partial charge in [0, 0.05) is 0 Å². The standard InChI is InChI=1S/C13H23NO4S/c1-13(12(15)18-2)8-10(9-14-13)7-11-5-3-4-6-19(11,16)17/h10-11,14H,3-9H2,1-2H3. The molecule has 19 heavy (non-hydrogen) atoms. The van der Waals surface area contributed by atoms with E-state index in [9.17, 15) is 13.2 Å². The van der Waals surface area contributed by atoms with Crippen molar-refractivity contribution >= 4 is 15.8 Å². The van der Waals surface area contributed by atoms with E-state index in [0.717, 1.165) is 19.3 Å². The number of rotatable bonds is 3. The number of methoxy groups -OCH3 is 1. The lowest BCUT2D eigenvalue weighted by Gasteiger charge is -2.25. The van der Waals surface area contributed by atoms with Crippen LogP contribution in [0.25, 0.3) is 0 Å². The number of hydrogen-bond donors (Lipinski definition) is 1. The minimum Gasteiger partial charge on any atom is -0.468 e. The van der Waals surface area contributed by atoms with Crippen LogP contribution < -0.4 is 5.32 Å². The van der Waals surface area contributed by atoms with Crippen molar-refractivity contribution in [2.75, 3.05) is 19.4 Å². The molecule has 0 aromatic rings. The molecule has 2 aliphatic rings. The van der Waals surface area contributed by atoms with E-state index in [1.54, 1.807) is 0 Å². The topological polar surface area (TPSA) is 72.5 Å². The molecule has 0 aliphatic carbocycles. The van der Waals surface area contributed by atoms with Crippen molar-refractivity contribution in [3.63, 3.8) is 0 Å². The largest absolute Gasteiger partial charge is 0.468 e. The van der Waals surface area contributed by atoms with Gasteiger partial charge < -0.3 is 10.1 Å². The second kappa shape index (κ2) is 5.40. The number of esters is 1. The van der Waals surface area contributed by atoms with Crippen LogP contribution in [0.3, 0.4) is 0 Å². The Morgan fingerprint density at radius 2 is 2.16 bits per heavy atom. The van der Waals surface area contributed by atoms with Crippen LogP contribution in [0, 0.1) is 5.92 Å². The van der Waals surface area contributed by atoms with Gasteiger partial charge in [0.1, 0.15) is 5.54 Å². The molecule has 2 aliphatic heterocycles. The molecule has 3 unspecified atom stereocenters. The molecule has 0 radical (unpaired) electrons. The van der Waals surface area contributed by atoms with Crippen molar-refractivity contribution in [1.29, 1.82) is 0 Å². The van der Waals surface area contributed by atoms with Gasteiger partial charge in [-0.3, -0.25) is 4.79 Å². The second-order valence-corrected chi connectivity index (χ2v) is 8.40. The highest BCUT2D eigenvalue weighted by Crippen LogP contribution is 2.32. The highest BCUT2D eigenvalue weighted by Gasteiger charge is 2.43. The summed E-state index contributed by atoms with van der Waals surface area (Å²) in [5.74, 6) is 0.301. The smallest absolute Gasteiger partial charge is 0.325 e. The number of carbonyl (C=O) groups is 1. The SMILES string of the molecule is COC(=O)C1(C)CC(CC2CCCCS2(=O)=O)CN1. The molecule has 0 aromatic heterocycles. The van der Waals surface area contributed by atoms with E-state index in [4.69, 9.17) is 4.74 Å². The highest BCUT2D eigenvalue weighted by atomic mass is 32.2. The maximum atomic E-state index is 12.0. The van der Waals surface area contributed by atoms with Crippen molar-refractivity contribution in [1.82, 2.24) is 5.32 Å². The van der Waals surface area contributed by atoms with Crippen LogP contribution in [-0.4, -0.2) is 44.6 Å². The van der Waals surface area contributed by atoms with Gasteiger partial charge in [0.05, 0.1) is 18.1 Å². The average molecular weight is 289 g/mol. The molecule has 2 heterocycles. The molecule has 3 atom stereocenters. The Balaban J connectivity index is 1.97. The van der Waals surface area contributed by atoms with Gasteiger partial charge in [-0.05, 0) is 45.1 Å². The summed E-state index contributed by atoms with van der Waals surface area (Å²) < 4.78 is 28.8. The molecular weight excluding hydrogens is 266 g/mol. The van der Waals surface area contributed by atoms with E-state index in [1.165, 1.54) is 7.11 Å². The lowest BCUT2D eigenvalue weighted by atomic mass is 9.91. The fraction of sp³-hybridized carbons (Fsp3) is 0.923. The summed E-state index contributed by atoms with van der Waals surface area (Å²) in [4.78, 5) is 11.7. The molecule has 2 saturated heterocycles. The number of carbonyl (C=O) groups excluding carboxylic acids is 1. The Hall–Kier alpha value is -0.620. The quantitative estimate of drug-likeness (QED) is 0.781. The Labute approximate surface area is 115 Å². The maximum Gasteiger partial charge on any atom is 0.325 e. The summed E-state index contributed by atoms with van der Waals surface area (Å²) >= 11 is 0. The van der Waals surface area contributed by atoms with Gasteiger partial charge in [-0.2, -0.15) is 0 Å². The fourth-order valence-corrected chi connectivity index (χ4v) is 5.33. The Morgan fingerprint density at radius 3 is 2.79 bits per heavy atom. The molecule has 6 heteroatoms. The van der Waals surface area contributed by atoms with Crippen molar-refractivity contribution in [2.45, 2.75) is 49.8 Å². The van der Waals surface area contributed by atoms with Crippen LogP contribution in [0.2, 0.25) is 0 Å². The maximum absolute atomic E-state index is 12.0. The second-order valence-electron chi connectivity index (χ2n) is 6.00. The monoisotopic (exact) mass is 289 g/mol. The molecule has 5 nitrogen and oxygen atoms in total. The zero-order valence-electron chi connectivity index (χ0n) is 11.6. The molecule has 2 rings (SSSR count). The predicted octanol–water partition coefficient (Wildman–Crippen LogP) is 0.885. The molecule has 0 amide bonds. The van der Waals surface area contributed by atoms with E-state index in [1.807, 2.05) is 6.92 Å². The summed E-state index contributed by atoms with van der Waals surface area (Å²) in [6, 6.07) is 0. The number of ether oxygens (including phenoxy) is 1. The molecule has 1 N–H and O–H groups in total. The van der Waals surface area contributed by atoms with Gasteiger partial charge in [0.25, 0.3) is 0 Å². The van der Waals surface area contributed by atoms with E-state index < -0.39 is 15.4 Å². The molecule has 0 aromatic carbocycles. The Kier molecular flexibility index (Phi) is 4.20. The first-order valence-corrected chi connectivity index (χ1v) is 8.64. The fourth-order valence-electron chi connectivity index (χ4n) is 3.30. The van der Waals surface area contributed by atoms with Gasteiger partial charge in [0.2, 0.25) is 0 Å². The van der Waals surface area contributed by atoms with Crippen LogP contribution in [-0.2, 0) is 19.4 Å². The minimum atomic E-state index is -2.92. The van der Waals surface area contributed by atoms with Crippen molar-refractivity contribution in [3.8, 4) is 0 Å². The molecule has 0 bridgehead atoms. The van der Waals surface area contributed by atoms with Crippen LogP contribution in [0.1, 0.15) is 39.0 Å². The first kappa shape index (κ1) is 14.8. The van der Waals surface area contributed by atoms with Crippen LogP contribution in [0.5, 0.6) is 0 Å². The molecule has 2 fully saturated rings. The first-order valence-electron chi connectivity index (χ1n) is 6.92. The number of sulfone groups is 1. The third-order valence-electron chi connectivity index (χ3n) is 4.42. The molecule has 0 spiro atoms. The van der Waals surface area contributed by atoms with Crippen molar-refractivity contribution < 1.29 is 17.9 Å². The summed E-state index contributed by atoms with van der Waals surface area (Å²) in [6.07, 6.45) is 3.89. The number of hydrogen-bond acceptors (Lipinski definition) is 5. The predicted molar refractivity (Wildman–Crippen MR) is 72.6 cm³/mol. The zero-order valence-corrected chi connectivity index (χ0v) is 12.5. The van der Waals surface area contributed by atoms with Crippen LogP contribution in [0.4, 0.5) is 0 Å². The summed E-state index contributed by atoms with van der Waals surface area (Å²) in [7, 11) is -1.53. The summed E-state index contributed by atoms with van der Waals surface area (Å²) in [5, 5.41) is 2.97. The van der Waals surface area contributed by atoms with Gasteiger partial charge in [0.15, 0.2) is 9.84 Å². The first-order chi connectivity index (χ1) is 8.87. The van der Waals surface area contributed by atoms with Gasteiger partial charge in [-0.25, -0.2) is 8.42 Å². The van der Waals surface area contributed by atoms with Crippen molar-refractivity contribution in [2.24, 2.45) is 5.92 Å². The van der Waals surface area contributed by atoms with Gasteiger partial charge in [-0.15, -0.1) is 0 Å². The highest BCUT2D eigenvalue weighted by molar-refractivity contribution is 7.92. The Morgan fingerprint density at radius 1 is 1.42 bits per heavy atom. The van der Waals surface area contributed by atoms with E-state index in [-0.39, 0.29) is 17.1 Å². The van der Waals surface area contributed by atoms with Crippen LogP contribution >= 0.6 is 0 Å². The van der Waals surface area contributed by atoms with Gasteiger partial charge >= 0.3 is 5.97 Å². The zero-order chi connectivity index (χ0) is 14.1. The van der Waals surface area contributed by atoms with E-state index >= 15 is 0 Å². The van der Waals surface area contributed by atoms with E-state index in [2.05, 4.69) is 5.32 Å². The van der Waals surface area contributed by atoms with Crippen molar-refractivity contribution in [3.05, 3.63) is 0 Å². The van der Waals surface area contributed by atoms with Gasteiger partial charge in [-0.1, -0.05) is 6.42 Å². The minimum absolute atomic E-state index is 0.215. The molecular formula is C13H23NO4S. The average Bonchev–Trinajstić information content (AvgIpc) is 2.74. The number of nitrogens with one attached hydrogen (secondary N) is 1. The third kappa shape index (κ3) is 3.11. The van der Waals surface area contributed by atoms with E-state index in [0.29, 0.717) is 25.1 Å². The van der Waals surface area contributed by atoms with Crippen LogP contribution in [0.15, 0.2) is 0 Å². The molecule has 110 valence electrons. The third-order valence-corrected chi connectivity index (χ3v) is 6.72. The summed E-state index contributed by atoms with van der Waals surface area (Å²) in [6.45, 7) is 2.52. The summed E-state index contributed by atoms with van der Waals surface area (Å²) in [5.41, 5.74) is -0.655.